The molecule has 4 saturated heterocycles. The second kappa shape index (κ2) is 10.9. The monoisotopic (exact) mass is 513 g/mol. The van der Waals surface area contributed by atoms with Crippen LogP contribution in [0.4, 0.5) is 0 Å². The zero-order valence-corrected chi connectivity index (χ0v) is 20.1. The number of guanidine groups is 1. The van der Waals surface area contributed by atoms with E-state index in [1.807, 2.05) is 7.05 Å². The van der Waals surface area contributed by atoms with Gasteiger partial charge in [0.05, 0.1) is 6.10 Å². The maximum atomic E-state index is 6.16. The van der Waals surface area contributed by atoms with E-state index in [2.05, 4.69) is 56.6 Å². The first-order chi connectivity index (χ1) is 13.7. The van der Waals surface area contributed by atoms with Crippen molar-refractivity contribution >= 4 is 29.9 Å². The van der Waals surface area contributed by atoms with Crippen LogP contribution in [0.3, 0.4) is 0 Å². The van der Waals surface area contributed by atoms with E-state index >= 15 is 0 Å². The molecule has 5 rings (SSSR count). The molecular formula is C22H36IN5O. The number of fused-ring (bicyclic) bond motifs is 3. The number of aryl methyl sites for hydroxylation is 1. The van der Waals surface area contributed by atoms with Gasteiger partial charge in [0, 0.05) is 71.4 Å². The minimum absolute atomic E-state index is 0. The average molecular weight is 513 g/mol. The van der Waals surface area contributed by atoms with Gasteiger partial charge >= 0.3 is 0 Å². The Labute approximate surface area is 192 Å². The summed E-state index contributed by atoms with van der Waals surface area (Å²) < 4.78 is 6.16. The normalized spacial score (nSPS) is 31.8. The number of piperazine rings is 3. The molecule has 162 valence electrons. The number of rotatable bonds is 5. The van der Waals surface area contributed by atoms with Crippen LogP contribution >= 0.6 is 24.0 Å². The van der Waals surface area contributed by atoms with Crippen molar-refractivity contribution in [2.75, 3.05) is 59.5 Å². The molecule has 0 spiro atoms. The lowest BCUT2D eigenvalue weighted by Crippen LogP contribution is -2.63. The molecular weight excluding hydrogens is 477 g/mol. The van der Waals surface area contributed by atoms with Gasteiger partial charge < -0.3 is 15.4 Å². The highest BCUT2D eigenvalue weighted by Crippen LogP contribution is 2.33. The molecule has 7 heteroatoms. The van der Waals surface area contributed by atoms with Crippen LogP contribution < -0.4 is 10.6 Å². The highest BCUT2D eigenvalue weighted by Gasteiger charge is 2.32. The molecule has 4 aliphatic heterocycles. The molecule has 0 aliphatic carbocycles. The molecule has 3 atom stereocenters. The van der Waals surface area contributed by atoms with Crippen LogP contribution in [-0.4, -0.2) is 81.3 Å². The molecule has 29 heavy (non-hydrogen) atoms. The fourth-order valence-electron chi connectivity index (χ4n) is 4.76. The molecule has 4 fully saturated rings. The molecule has 1 aromatic carbocycles. The second-order valence-electron chi connectivity index (χ2n) is 8.43. The molecule has 3 unspecified atom stereocenters. The summed E-state index contributed by atoms with van der Waals surface area (Å²) >= 11 is 0. The number of nitrogens with zero attached hydrogens (tertiary/aromatic N) is 3. The summed E-state index contributed by atoms with van der Waals surface area (Å²) in [5, 5.41) is 7.12. The minimum Gasteiger partial charge on any atom is -0.373 e. The number of aliphatic imine (C=N–C) groups is 1. The molecule has 4 heterocycles. The highest BCUT2D eigenvalue weighted by atomic mass is 127. The number of halogens is 1. The summed E-state index contributed by atoms with van der Waals surface area (Å²) in [5.74, 6) is 1.38. The molecule has 0 amide bonds. The Bertz CT molecular complexity index is 660. The van der Waals surface area contributed by atoms with E-state index in [4.69, 9.17) is 4.74 Å². The van der Waals surface area contributed by atoms with Gasteiger partial charge in [0.15, 0.2) is 5.96 Å². The summed E-state index contributed by atoms with van der Waals surface area (Å²) in [6, 6.07) is 9.39. The van der Waals surface area contributed by atoms with E-state index in [0.717, 1.165) is 32.1 Å². The van der Waals surface area contributed by atoms with E-state index < -0.39 is 0 Å². The molecule has 0 saturated carbocycles. The van der Waals surface area contributed by atoms with Crippen molar-refractivity contribution in [2.24, 2.45) is 10.9 Å². The molecule has 2 N–H and O–H groups in total. The topological polar surface area (TPSA) is 52.1 Å². The van der Waals surface area contributed by atoms with Gasteiger partial charge in [-0.2, -0.15) is 0 Å². The van der Waals surface area contributed by atoms with Gasteiger partial charge in [-0.1, -0.05) is 29.8 Å². The maximum absolute atomic E-state index is 6.16. The first kappa shape index (κ1) is 22.8. The van der Waals surface area contributed by atoms with Crippen molar-refractivity contribution in [3.8, 4) is 0 Å². The SMILES string of the molecule is CN=C(NCC1CCCOC1c1ccc(C)cc1)NCC1CN2CCN1CC2.I. The Morgan fingerprint density at radius 3 is 2.48 bits per heavy atom. The Hall–Kier alpha value is -0.900. The zero-order valence-electron chi connectivity index (χ0n) is 17.8. The van der Waals surface area contributed by atoms with Crippen LogP contribution in [0.2, 0.25) is 0 Å². The van der Waals surface area contributed by atoms with E-state index in [1.165, 1.54) is 50.3 Å². The van der Waals surface area contributed by atoms with Crippen LogP contribution in [-0.2, 0) is 4.74 Å². The van der Waals surface area contributed by atoms with Gasteiger partial charge in [-0.25, -0.2) is 0 Å². The number of hydrogen-bond donors (Lipinski definition) is 2. The number of ether oxygens (including phenoxy) is 1. The number of benzene rings is 1. The maximum Gasteiger partial charge on any atom is 0.191 e. The van der Waals surface area contributed by atoms with Gasteiger partial charge in [-0.05, 0) is 25.3 Å². The smallest absolute Gasteiger partial charge is 0.191 e. The Kier molecular flexibility index (Phi) is 8.58. The fraction of sp³-hybridized carbons (Fsp3) is 0.682. The van der Waals surface area contributed by atoms with Gasteiger partial charge in [0.25, 0.3) is 0 Å². The Balaban J connectivity index is 0.00000240. The third-order valence-corrected chi connectivity index (χ3v) is 6.50. The van der Waals surface area contributed by atoms with Crippen LogP contribution in [0.5, 0.6) is 0 Å². The third kappa shape index (κ3) is 5.83. The van der Waals surface area contributed by atoms with Crippen molar-refractivity contribution in [2.45, 2.75) is 31.9 Å². The van der Waals surface area contributed by atoms with Crippen LogP contribution in [0.15, 0.2) is 29.3 Å². The lowest BCUT2D eigenvalue weighted by atomic mass is 9.89. The quantitative estimate of drug-likeness (QED) is 0.360. The minimum atomic E-state index is 0. The molecule has 4 aliphatic rings. The molecule has 1 aromatic rings. The van der Waals surface area contributed by atoms with Crippen molar-refractivity contribution in [3.63, 3.8) is 0 Å². The number of nitrogens with one attached hydrogen (secondary N) is 2. The fourth-order valence-corrected chi connectivity index (χ4v) is 4.76. The summed E-state index contributed by atoms with van der Waals surface area (Å²) in [6.07, 6.45) is 2.49. The first-order valence-corrected chi connectivity index (χ1v) is 10.8. The lowest BCUT2D eigenvalue weighted by molar-refractivity contribution is -0.0265. The van der Waals surface area contributed by atoms with E-state index in [1.54, 1.807) is 0 Å². The summed E-state index contributed by atoms with van der Waals surface area (Å²) in [5.41, 5.74) is 2.59. The van der Waals surface area contributed by atoms with Gasteiger partial charge in [0.2, 0.25) is 0 Å². The standard InChI is InChI=1S/C22H35N5O.HI/c1-17-5-7-18(8-6-17)21-19(4-3-13-28-21)14-24-22(23-2)25-15-20-16-26-9-11-27(20)12-10-26;/h5-8,19-21H,3-4,9-16H2,1-2H3,(H2,23,24,25);1H. The van der Waals surface area contributed by atoms with Gasteiger partial charge in [-0.3, -0.25) is 14.8 Å². The van der Waals surface area contributed by atoms with Crippen molar-refractivity contribution in [3.05, 3.63) is 35.4 Å². The van der Waals surface area contributed by atoms with Gasteiger partial charge in [-0.15, -0.1) is 24.0 Å². The second-order valence-corrected chi connectivity index (χ2v) is 8.43. The van der Waals surface area contributed by atoms with Crippen molar-refractivity contribution in [1.29, 1.82) is 0 Å². The summed E-state index contributed by atoms with van der Waals surface area (Å²) in [7, 11) is 1.86. The largest absolute Gasteiger partial charge is 0.373 e. The summed E-state index contributed by atoms with van der Waals surface area (Å²) in [6.45, 7) is 10.9. The summed E-state index contributed by atoms with van der Waals surface area (Å²) in [4.78, 5) is 9.64. The molecule has 0 radical (unpaired) electrons. The predicted octanol–water partition coefficient (Wildman–Crippen LogP) is 2.25. The molecule has 0 aromatic heterocycles. The van der Waals surface area contributed by atoms with Crippen LogP contribution in [0, 0.1) is 12.8 Å². The van der Waals surface area contributed by atoms with Crippen molar-refractivity contribution in [1.82, 2.24) is 20.4 Å². The van der Waals surface area contributed by atoms with E-state index in [9.17, 15) is 0 Å². The Morgan fingerprint density at radius 2 is 1.83 bits per heavy atom. The predicted molar refractivity (Wildman–Crippen MR) is 129 cm³/mol. The number of hydrogen-bond acceptors (Lipinski definition) is 4. The van der Waals surface area contributed by atoms with E-state index in [0.29, 0.717) is 12.0 Å². The highest BCUT2D eigenvalue weighted by molar-refractivity contribution is 14.0. The molecule has 6 nitrogen and oxygen atoms in total. The Morgan fingerprint density at radius 1 is 1.10 bits per heavy atom. The van der Waals surface area contributed by atoms with E-state index in [-0.39, 0.29) is 30.1 Å². The zero-order chi connectivity index (χ0) is 19.3. The lowest BCUT2D eigenvalue weighted by Gasteiger charge is -2.47. The van der Waals surface area contributed by atoms with Crippen LogP contribution in [0.1, 0.15) is 30.1 Å². The first-order valence-electron chi connectivity index (χ1n) is 10.8. The van der Waals surface area contributed by atoms with Crippen LogP contribution in [0.25, 0.3) is 0 Å². The van der Waals surface area contributed by atoms with Crippen molar-refractivity contribution < 1.29 is 4.74 Å². The third-order valence-electron chi connectivity index (χ3n) is 6.50. The average Bonchev–Trinajstić information content (AvgIpc) is 2.76. The van der Waals surface area contributed by atoms with Gasteiger partial charge in [0.1, 0.15) is 0 Å². The molecule has 2 bridgehead atoms.